The second-order valence-electron chi connectivity index (χ2n) is 11.7. The van der Waals surface area contributed by atoms with Crippen LogP contribution in [-0.2, 0) is 4.79 Å². The molecule has 1 aliphatic heterocycles. The number of ether oxygens (including phenoxy) is 4. The van der Waals surface area contributed by atoms with Crippen LogP contribution in [0.2, 0.25) is 0 Å². The molecule has 49 heavy (non-hydrogen) atoms. The molecule has 0 fully saturated rings. The molecule has 0 bridgehead atoms. The molecule has 250 valence electrons. The van der Waals surface area contributed by atoms with Crippen LogP contribution in [0.5, 0.6) is 23.0 Å². The highest BCUT2D eigenvalue weighted by molar-refractivity contribution is 7.07. The summed E-state index contributed by atoms with van der Waals surface area (Å²) >= 11 is 1.27. The Morgan fingerprint density at radius 1 is 0.898 bits per heavy atom. The summed E-state index contributed by atoms with van der Waals surface area (Å²) in [5.41, 5.74) is 3.37. The standard InChI is InChI=1S/C40H38N2O6S/c1-5-26(2)29-17-19-31(20-18-29)46-22-23-47-33-21-16-28(24-34(33)45-4)25-35-38(43)42-37(30-12-8-6-9-13-30)36(27(3)41-40(42)49-35)39(44)48-32-14-10-7-11-15-32/h6-21,24-26,37H,5,22-23H2,1-4H3/b35-25-/t26-,37+/m1/s1. The highest BCUT2D eigenvalue weighted by atomic mass is 32.1. The van der Waals surface area contributed by atoms with E-state index in [-0.39, 0.29) is 5.56 Å². The Morgan fingerprint density at radius 2 is 1.59 bits per heavy atom. The van der Waals surface area contributed by atoms with E-state index in [4.69, 9.17) is 23.9 Å². The molecule has 0 amide bonds. The molecule has 0 saturated carbocycles. The smallest absolute Gasteiger partial charge is 0.343 e. The van der Waals surface area contributed by atoms with E-state index in [1.54, 1.807) is 48.9 Å². The van der Waals surface area contributed by atoms with Crippen molar-refractivity contribution in [3.8, 4) is 23.0 Å². The van der Waals surface area contributed by atoms with Crippen molar-refractivity contribution < 1.29 is 23.7 Å². The van der Waals surface area contributed by atoms with Crippen LogP contribution in [0.25, 0.3) is 6.08 Å². The molecule has 0 radical (unpaired) electrons. The minimum Gasteiger partial charge on any atom is -0.493 e. The van der Waals surface area contributed by atoms with Gasteiger partial charge < -0.3 is 18.9 Å². The number of methoxy groups -OCH3 is 1. The monoisotopic (exact) mass is 674 g/mol. The summed E-state index contributed by atoms with van der Waals surface area (Å²) < 4.78 is 25.3. The SMILES string of the molecule is CC[C@@H](C)c1ccc(OCCOc2ccc(/C=c3\sc4n(c3=O)[C@@H](c3ccccc3)C(C(=O)Oc3ccccc3)=C(C)N=4)cc2OC)cc1. The zero-order chi connectivity index (χ0) is 34.3. The number of fused-ring (bicyclic) bond motifs is 1. The van der Waals surface area contributed by atoms with E-state index in [1.807, 2.05) is 66.7 Å². The van der Waals surface area contributed by atoms with Crippen molar-refractivity contribution in [2.24, 2.45) is 4.99 Å². The van der Waals surface area contributed by atoms with Gasteiger partial charge in [-0.25, -0.2) is 9.79 Å². The van der Waals surface area contributed by atoms with Gasteiger partial charge in [0.05, 0.1) is 29.0 Å². The lowest BCUT2D eigenvalue weighted by Gasteiger charge is -2.24. The highest BCUT2D eigenvalue weighted by Gasteiger charge is 2.33. The molecular weight excluding hydrogens is 637 g/mol. The average Bonchev–Trinajstić information content (AvgIpc) is 3.43. The van der Waals surface area contributed by atoms with E-state index in [1.165, 1.54) is 16.9 Å². The van der Waals surface area contributed by atoms with Crippen LogP contribution in [0, 0.1) is 0 Å². The quantitative estimate of drug-likeness (QED) is 0.0820. The van der Waals surface area contributed by atoms with Gasteiger partial charge in [0.2, 0.25) is 0 Å². The number of hydrogen-bond donors (Lipinski definition) is 0. The van der Waals surface area contributed by atoms with Gasteiger partial charge in [0.25, 0.3) is 5.56 Å². The fourth-order valence-corrected chi connectivity index (χ4v) is 6.71. The first kappa shape index (κ1) is 33.5. The maximum Gasteiger partial charge on any atom is 0.343 e. The van der Waals surface area contributed by atoms with Crippen LogP contribution in [0.3, 0.4) is 0 Å². The van der Waals surface area contributed by atoms with Crippen molar-refractivity contribution in [3.63, 3.8) is 0 Å². The number of para-hydroxylation sites is 1. The topological polar surface area (TPSA) is 88.4 Å². The molecule has 9 heteroatoms. The van der Waals surface area contributed by atoms with Crippen LogP contribution in [0.15, 0.2) is 124 Å². The first-order valence-electron chi connectivity index (χ1n) is 16.2. The van der Waals surface area contributed by atoms with Crippen LogP contribution in [0.1, 0.15) is 55.8 Å². The molecule has 8 nitrogen and oxygen atoms in total. The van der Waals surface area contributed by atoms with Crippen LogP contribution in [0.4, 0.5) is 0 Å². The van der Waals surface area contributed by atoms with E-state index in [2.05, 4.69) is 26.0 Å². The molecule has 0 aliphatic carbocycles. The Hall–Kier alpha value is -5.41. The third-order valence-electron chi connectivity index (χ3n) is 8.47. The van der Waals surface area contributed by atoms with Crippen molar-refractivity contribution in [1.82, 2.24) is 4.57 Å². The number of thiazole rings is 1. The van der Waals surface area contributed by atoms with Gasteiger partial charge in [-0.2, -0.15) is 0 Å². The van der Waals surface area contributed by atoms with Gasteiger partial charge in [-0.15, -0.1) is 0 Å². The fourth-order valence-electron chi connectivity index (χ4n) is 5.67. The normalized spacial score (nSPS) is 14.9. The summed E-state index contributed by atoms with van der Waals surface area (Å²) in [5, 5.41) is 0. The number of carbonyl (C=O) groups is 1. The molecule has 0 saturated heterocycles. The predicted molar refractivity (Wildman–Crippen MR) is 191 cm³/mol. The summed E-state index contributed by atoms with van der Waals surface area (Å²) in [6, 6.07) is 31.3. The van der Waals surface area contributed by atoms with E-state index >= 15 is 0 Å². The Balaban J connectivity index is 1.23. The minimum absolute atomic E-state index is 0.260. The molecule has 0 N–H and O–H groups in total. The number of nitrogens with zero attached hydrogens (tertiary/aromatic N) is 2. The zero-order valence-corrected chi connectivity index (χ0v) is 28.7. The Labute approximate surface area is 289 Å². The summed E-state index contributed by atoms with van der Waals surface area (Å²) in [7, 11) is 1.58. The van der Waals surface area contributed by atoms with Crippen molar-refractivity contribution in [1.29, 1.82) is 0 Å². The second kappa shape index (κ2) is 15.2. The van der Waals surface area contributed by atoms with Gasteiger partial charge in [0.15, 0.2) is 16.3 Å². The van der Waals surface area contributed by atoms with Crippen LogP contribution >= 0.6 is 11.3 Å². The van der Waals surface area contributed by atoms with E-state index in [0.29, 0.717) is 57.0 Å². The van der Waals surface area contributed by atoms with Crippen LogP contribution < -0.4 is 33.8 Å². The van der Waals surface area contributed by atoms with Gasteiger partial charge in [-0.1, -0.05) is 91.9 Å². The summed E-state index contributed by atoms with van der Waals surface area (Å²) in [4.78, 5) is 32.9. The molecule has 6 rings (SSSR count). The minimum atomic E-state index is -0.707. The number of hydrogen-bond acceptors (Lipinski definition) is 8. The molecule has 5 aromatic rings. The number of carbonyl (C=O) groups excluding carboxylic acids is 1. The Morgan fingerprint density at radius 3 is 2.29 bits per heavy atom. The second-order valence-corrected chi connectivity index (χ2v) is 12.7. The van der Waals surface area contributed by atoms with Gasteiger partial charge in [0, 0.05) is 0 Å². The lowest BCUT2D eigenvalue weighted by molar-refractivity contribution is -0.130. The summed E-state index contributed by atoms with van der Waals surface area (Å²) in [6.07, 6.45) is 2.89. The maximum absolute atomic E-state index is 14.1. The first-order chi connectivity index (χ1) is 23.9. The number of esters is 1. The molecular formula is C40H38N2O6S. The average molecular weight is 675 g/mol. The molecule has 2 heterocycles. The molecule has 1 aliphatic rings. The highest BCUT2D eigenvalue weighted by Crippen LogP contribution is 2.32. The van der Waals surface area contributed by atoms with Gasteiger partial charge in [-0.3, -0.25) is 9.36 Å². The van der Waals surface area contributed by atoms with Gasteiger partial charge in [-0.05, 0) is 78.4 Å². The van der Waals surface area contributed by atoms with Crippen molar-refractivity contribution in [3.05, 3.63) is 151 Å². The Kier molecular flexibility index (Phi) is 10.4. The number of aromatic nitrogens is 1. The molecule has 0 spiro atoms. The maximum atomic E-state index is 14.1. The van der Waals surface area contributed by atoms with E-state index in [9.17, 15) is 9.59 Å². The summed E-state index contributed by atoms with van der Waals surface area (Å²) in [5.74, 6) is 2.27. The largest absolute Gasteiger partial charge is 0.493 e. The number of allylic oxidation sites excluding steroid dienone is 1. The van der Waals surface area contributed by atoms with Crippen molar-refractivity contribution in [2.45, 2.75) is 39.2 Å². The van der Waals surface area contributed by atoms with E-state index in [0.717, 1.165) is 23.3 Å². The van der Waals surface area contributed by atoms with Crippen molar-refractivity contribution >= 4 is 23.4 Å². The number of rotatable bonds is 12. The molecule has 1 aromatic heterocycles. The fraction of sp³-hybridized carbons (Fsp3) is 0.225. The van der Waals surface area contributed by atoms with Crippen molar-refractivity contribution in [2.75, 3.05) is 20.3 Å². The number of benzene rings is 4. The lowest BCUT2D eigenvalue weighted by Crippen LogP contribution is -2.40. The molecule has 2 atom stereocenters. The van der Waals surface area contributed by atoms with E-state index < -0.39 is 12.0 Å². The summed E-state index contributed by atoms with van der Waals surface area (Å²) in [6.45, 7) is 6.87. The first-order valence-corrected chi connectivity index (χ1v) is 17.1. The predicted octanol–water partition coefficient (Wildman–Crippen LogP) is 6.82. The van der Waals surface area contributed by atoms with Gasteiger partial charge >= 0.3 is 5.97 Å². The Bertz CT molecular complexity index is 2140. The van der Waals surface area contributed by atoms with Crippen LogP contribution in [-0.4, -0.2) is 30.9 Å². The third-order valence-corrected chi connectivity index (χ3v) is 9.45. The third kappa shape index (κ3) is 7.52. The lowest BCUT2D eigenvalue weighted by atomic mass is 9.96. The zero-order valence-electron chi connectivity index (χ0n) is 27.9. The molecule has 0 unspecified atom stereocenters. The van der Waals surface area contributed by atoms with Gasteiger partial charge in [0.1, 0.15) is 24.7 Å². The molecule has 4 aromatic carbocycles.